The van der Waals surface area contributed by atoms with Gasteiger partial charge in [0.25, 0.3) is 0 Å². The lowest BCUT2D eigenvalue weighted by Gasteiger charge is -2.28. The number of hydrogen-bond donors (Lipinski definition) is 4. The molecule has 0 radical (unpaired) electrons. The molecule has 0 aliphatic heterocycles. The number of aliphatic hydroxyl groups excluding tert-OH is 1. The van der Waals surface area contributed by atoms with Crippen molar-refractivity contribution in [1.29, 1.82) is 0 Å². The van der Waals surface area contributed by atoms with Crippen LogP contribution in [0, 0.1) is 0 Å². The van der Waals surface area contributed by atoms with Crippen molar-refractivity contribution in [2.24, 2.45) is 0 Å². The molecule has 1 fully saturated rings. The predicted octanol–water partition coefficient (Wildman–Crippen LogP) is 2.92. The minimum absolute atomic E-state index is 0.214. The summed E-state index contributed by atoms with van der Waals surface area (Å²) in [5.74, 6) is 0.489. The fourth-order valence-electron chi connectivity index (χ4n) is 3.47. The van der Waals surface area contributed by atoms with Gasteiger partial charge in [0.1, 0.15) is 5.82 Å². The number of aromatic nitrogens is 3. The molecule has 1 aromatic carbocycles. The molecule has 1 aliphatic rings. The van der Waals surface area contributed by atoms with Gasteiger partial charge in [-0.25, -0.2) is 4.98 Å². The summed E-state index contributed by atoms with van der Waals surface area (Å²) in [7, 11) is 0. The highest BCUT2D eigenvalue weighted by atomic mass is 16.3. The quantitative estimate of drug-likeness (QED) is 0.594. The van der Waals surface area contributed by atoms with Crippen molar-refractivity contribution in [2.45, 2.75) is 37.8 Å². The van der Waals surface area contributed by atoms with Crippen molar-refractivity contribution in [3.8, 4) is 11.3 Å². The van der Waals surface area contributed by atoms with Gasteiger partial charge in [-0.15, -0.1) is 0 Å². The maximum Gasteiger partial charge on any atom is 0.126 e. The van der Waals surface area contributed by atoms with Gasteiger partial charge in [-0.1, -0.05) is 12.1 Å². The van der Waals surface area contributed by atoms with Gasteiger partial charge in [-0.05, 0) is 37.8 Å². The number of hydrogen-bond acceptors (Lipinski definition) is 5. The number of nitrogens with two attached hydrogens (primary N) is 1. The standard InChI is InChI=1S/C18H21N5O/c19-18-10-17(21-12-2-1-3-13(24)9-12)14-5-4-11(8-16(14)22-18)15-6-7-20-23-15/h4-8,10,12-13,24H,1-3,9H2,(H,20,23)(H3,19,21,22). The van der Waals surface area contributed by atoms with Crippen LogP contribution in [0.25, 0.3) is 22.2 Å². The number of aliphatic hydroxyl groups is 1. The van der Waals surface area contributed by atoms with E-state index in [9.17, 15) is 5.11 Å². The lowest BCUT2D eigenvalue weighted by atomic mass is 9.92. The van der Waals surface area contributed by atoms with E-state index in [0.29, 0.717) is 5.82 Å². The van der Waals surface area contributed by atoms with Crippen LogP contribution in [0.2, 0.25) is 0 Å². The third kappa shape index (κ3) is 2.92. The molecular formula is C18H21N5O. The molecule has 24 heavy (non-hydrogen) atoms. The van der Waals surface area contributed by atoms with E-state index in [1.807, 2.05) is 18.2 Å². The first-order valence-corrected chi connectivity index (χ1v) is 8.33. The summed E-state index contributed by atoms with van der Waals surface area (Å²) in [6, 6.07) is 10.2. The van der Waals surface area contributed by atoms with Crippen molar-refractivity contribution in [3.05, 3.63) is 36.5 Å². The monoisotopic (exact) mass is 323 g/mol. The average molecular weight is 323 g/mol. The van der Waals surface area contributed by atoms with Gasteiger partial charge in [-0.3, -0.25) is 5.10 Å². The van der Waals surface area contributed by atoms with E-state index in [2.05, 4.69) is 32.6 Å². The number of nitrogens with one attached hydrogen (secondary N) is 2. The van der Waals surface area contributed by atoms with Gasteiger partial charge in [-0.2, -0.15) is 5.10 Å². The van der Waals surface area contributed by atoms with Crippen LogP contribution in [0.3, 0.4) is 0 Å². The Morgan fingerprint density at radius 2 is 2.12 bits per heavy atom. The zero-order chi connectivity index (χ0) is 16.5. The molecule has 124 valence electrons. The highest BCUT2D eigenvalue weighted by molar-refractivity contribution is 5.95. The molecule has 1 saturated carbocycles. The SMILES string of the molecule is Nc1cc(NC2CCCC(O)C2)c2ccc(-c3ccn[nH]3)cc2n1. The van der Waals surface area contributed by atoms with E-state index in [0.717, 1.165) is 53.5 Å². The van der Waals surface area contributed by atoms with Crippen molar-refractivity contribution in [2.75, 3.05) is 11.1 Å². The Morgan fingerprint density at radius 1 is 1.21 bits per heavy atom. The molecule has 0 spiro atoms. The van der Waals surface area contributed by atoms with Crippen molar-refractivity contribution >= 4 is 22.4 Å². The molecule has 6 nitrogen and oxygen atoms in total. The van der Waals surface area contributed by atoms with Crippen LogP contribution < -0.4 is 11.1 Å². The Bertz CT molecular complexity index is 846. The Hall–Kier alpha value is -2.60. The molecule has 2 atom stereocenters. The number of anilines is 2. The molecule has 4 rings (SSSR count). The van der Waals surface area contributed by atoms with Crippen LogP contribution >= 0.6 is 0 Å². The molecule has 1 aliphatic carbocycles. The van der Waals surface area contributed by atoms with Gasteiger partial charge < -0.3 is 16.2 Å². The topological polar surface area (TPSA) is 99.9 Å². The third-order valence-corrected chi connectivity index (χ3v) is 4.65. The van der Waals surface area contributed by atoms with Gasteiger partial charge in [0.2, 0.25) is 0 Å². The second-order valence-electron chi connectivity index (χ2n) is 6.46. The molecule has 2 aromatic heterocycles. The first kappa shape index (κ1) is 15.0. The fourth-order valence-corrected chi connectivity index (χ4v) is 3.47. The first-order chi connectivity index (χ1) is 11.7. The first-order valence-electron chi connectivity index (χ1n) is 8.33. The summed E-state index contributed by atoms with van der Waals surface area (Å²) >= 11 is 0. The summed E-state index contributed by atoms with van der Waals surface area (Å²) in [6.07, 6.45) is 5.29. The largest absolute Gasteiger partial charge is 0.393 e. The third-order valence-electron chi connectivity index (χ3n) is 4.65. The number of nitrogen functional groups attached to an aromatic ring is 1. The summed E-state index contributed by atoms with van der Waals surface area (Å²) < 4.78 is 0. The molecule has 6 heteroatoms. The minimum atomic E-state index is -0.214. The molecule has 5 N–H and O–H groups in total. The van der Waals surface area contributed by atoms with Crippen LogP contribution in [-0.4, -0.2) is 32.4 Å². The summed E-state index contributed by atoms with van der Waals surface area (Å²) in [4.78, 5) is 4.47. The Balaban J connectivity index is 1.70. The van der Waals surface area contributed by atoms with E-state index in [4.69, 9.17) is 5.73 Å². The van der Waals surface area contributed by atoms with Gasteiger partial charge >= 0.3 is 0 Å². The van der Waals surface area contributed by atoms with Crippen molar-refractivity contribution in [3.63, 3.8) is 0 Å². The Morgan fingerprint density at radius 3 is 2.92 bits per heavy atom. The molecule has 2 heterocycles. The van der Waals surface area contributed by atoms with Gasteiger partial charge in [0, 0.05) is 34.9 Å². The number of H-pyrrole nitrogens is 1. The second kappa shape index (κ2) is 6.13. The van der Waals surface area contributed by atoms with E-state index in [1.54, 1.807) is 6.20 Å². The summed E-state index contributed by atoms with van der Waals surface area (Å²) in [5.41, 5.74) is 9.81. The van der Waals surface area contributed by atoms with Crippen LogP contribution in [0.5, 0.6) is 0 Å². The number of benzene rings is 1. The van der Waals surface area contributed by atoms with Crippen LogP contribution in [0.15, 0.2) is 36.5 Å². The molecule has 0 saturated heterocycles. The van der Waals surface area contributed by atoms with Crippen LogP contribution in [-0.2, 0) is 0 Å². The number of fused-ring (bicyclic) bond motifs is 1. The fraction of sp³-hybridized carbons (Fsp3) is 0.333. The van der Waals surface area contributed by atoms with E-state index >= 15 is 0 Å². The predicted molar refractivity (Wildman–Crippen MR) is 95.6 cm³/mol. The lowest BCUT2D eigenvalue weighted by molar-refractivity contribution is 0.124. The van der Waals surface area contributed by atoms with Crippen molar-refractivity contribution < 1.29 is 5.11 Å². The smallest absolute Gasteiger partial charge is 0.126 e. The molecular weight excluding hydrogens is 302 g/mol. The van der Waals surface area contributed by atoms with E-state index in [-0.39, 0.29) is 12.1 Å². The highest BCUT2D eigenvalue weighted by Crippen LogP contribution is 2.30. The number of pyridine rings is 1. The number of nitrogens with zero attached hydrogens (tertiary/aromatic N) is 2. The molecule has 3 aromatic rings. The maximum absolute atomic E-state index is 9.88. The van der Waals surface area contributed by atoms with Crippen LogP contribution in [0.1, 0.15) is 25.7 Å². The molecule has 0 amide bonds. The van der Waals surface area contributed by atoms with E-state index in [1.165, 1.54) is 0 Å². The Kier molecular flexibility index (Phi) is 3.82. The van der Waals surface area contributed by atoms with Gasteiger partial charge in [0.15, 0.2) is 0 Å². The Labute approximate surface area is 140 Å². The second-order valence-corrected chi connectivity index (χ2v) is 6.46. The normalized spacial score (nSPS) is 21.0. The van der Waals surface area contributed by atoms with Gasteiger partial charge in [0.05, 0.1) is 17.3 Å². The number of rotatable bonds is 3. The molecule has 2 unspecified atom stereocenters. The van der Waals surface area contributed by atoms with Crippen molar-refractivity contribution in [1.82, 2.24) is 15.2 Å². The average Bonchev–Trinajstić information content (AvgIpc) is 3.08. The lowest BCUT2D eigenvalue weighted by Crippen LogP contribution is -2.30. The number of aromatic amines is 1. The highest BCUT2D eigenvalue weighted by Gasteiger charge is 2.20. The zero-order valence-electron chi connectivity index (χ0n) is 13.4. The molecule has 0 bridgehead atoms. The van der Waals surface area contributed by atoms with Crippen LogP contribution in [0.4, 0.5) is 11.5 Å². The summed E-state index contributed by atoms with van der Waals surface area (Å²) in [6.45, 7) is 0. The minimum Gasteiger partial charge on any atom is -0.393 e. The van der Waals surface area contributed by atoms with E-state index < -0.39 is 0 Å². The zero-order valence-corrected chi connectivity index (χ0v) is 13.4. The summed E-state index contributed by atoms with van der Waals surface area (Å²) in [5, 5.41) is 21.4. The maximum atomic E-state index is 9.88.